The Morgan fingerprint density at radius 2 is 1.02 bits per heavy atom. The average Bonchev–Trinajstić information content (AvgIpc) is 3.21. The monoisotopic (exact) mass is 861 g/mol. The maximum atomic E-state index is 13.1. The van der Waals surface area contributed by atoms with Crippen molar-refractivity contribution in [3.05, 3.63) is 0 Å². The second kappa shape index (κ2) is 31.8. The maximum absolute atomic E-state index is 13.1. The molecule has 10 N–H and O–H groups in total. The summed E-state index contributed by atoms with van der Waals surface area (Å²) in [5, 5.41) is 57.1. The van der Waals surface area contributed by atoms with Gasteiger partial charge in [-0.15, -0.1) is 0 Å². The molecule has 9 unspecified atom stereocenters. The van der Waals surface area contributed by atoms with Crippen molar-refractivity contribution in [3.63, 3.8) is 0 Å². The molecule has 0 saturated carbocycles. The van der Waals surface area contributed by atoms with Crippen LogP contribution in [0.25, 0.3) is 0 Å². The van der Waals surface area contributed by atoms with Crippen molar-refractivity contribution in [2.24, 2.45) is 0 Å². The molecule has 348 valence electrons. The molecule has 5 amide bonds. The van der Waals surface area contributed by atoms with Gasteiger partial charge < -0.3 is 71.3 Å². The van der Waals surface area contributed by atoms with E-state index in [2.05, 4.69) is 31.9 Å². The number of carbonyl (C=O) groups excluding carboxylic acids is 5. The lowest BCUT2D eigenvalue weighted by molar-refractivity contribution is -0.262. The molecular weight excluding hydrogens is 784 g/mol. The molecule has 2 heterocycles. The predicted octanol–water partition coefficient (Wildman–Crippen LogP) is -0.246. The smallest absolute Gasteiger partial charge is 0.242 e. The van der Waals surface area contributed by atoms with Gasteiger partial charge in [-0.05, 0) is 84.7 Å². The summed E-state index contributed by atoms with van der Waals surface area (Å²) in [6.07, 6.45) is 3.09. The lowest BCUT2D eigenvalue weighted by atomic mass is 10.0. The van der Waals surface area contributed by atoms with Crippen LogP contribution in [0.1, 0.15) is 123 Å². The minimum atomic E-state index is -1.15. The number of ether oxygens (including phenoxy) is 4. The Labute approximate surface area is 355 Å². The van der Waals surface area contributed by atoms with E-state index in [1.54, 1.807) is 20.9 Å². The van der Waals surface area contributed by atoms with Gasteiger partial charge in [-0.3, -0.25) is 24.0 Å². The third-order valence-electron chi connectivity index (χ3n) is 10.4. The zero-order chi connectivity index (χ0) is 44.1. The summed E-state index contributed by atoms with van der Waals surface area (Å²) in [7, 11) is 1.60. The fourth-order valence-electron chi connectivity index (χ4n) is 6.82. The Bertz CT molecular complexity index is 1240. The maximum Gasteiger partial charge on any atom is 0.242 e. The Hall–Kier alpha value is -3.01. The molecule has 0 spiro atoms. The van der Waals surface area contributed by atoms with Crippen LogP contribution in [0.3, 0.4) is 0 Å². The average molecular weight is 861 g/mol. The molecule has 9 atom stereocenters. The minimum absolute atomic E-state index is 0.0176. The molecule has 2 aliphatic heterocycles. The third-order valence-corrected chi connectivity index (χ3v) is 10.4. The van der Waals surface area contributed by atoms with Crippen LogP contribution >= 0.6 is 0 Å². The van der Waals surface area contributed by atoms with E-state index in [1.165, 1.54) is 0 Å². The van der Waals surface area contributed by atoms with E-state index in [1.807, 2.05) is 0 Å². The number of hydrogen-bond donors (Lipinski definition) is 10. The molecule has 0 aliphatic carbocycles. The summed E-state index contributed by atoms with van der Waals surface area (Å²) in [5.74, 6) is -0.810. The van der Waals surface area contributed by atoms with Gasteiger partial charge in [0.25, 0.3) is 0 Å². The van der Waals surface area contributed by atoms with Crippen LogP contribution < -0.4 is 31.9 Å². The molecule has 0 aromatic carbocycles. The summed E-state index contributed by atoms with van der Waals surface area (Å²) >= 11 is 0. The number of amides is 5. The molecular formula is C41H76N6O13. The first-order chi connectivity index (χ1) is 28.8. The lowest BCUT2D eigenvalue weighted by Gasteiger charge is -2.35. The minimum Gasteiger partial charge on any atom is -0.390 e. The molecule has 2 aliphatic rings. The SMILES string of the molecule is CNC(=O)CCCCCNC(=O)C(CCCCNCCCCCC(=O)NCCOC1OC(C)CC(O)C1O)NC(=O)CCCCC(=O)NCCOC1OC(C)CC(O)C1O. The van der Waals surface area contributed by atoms with E-state index >= 15 is 0 Å². The molecule has 60 heavy (non-hydrogen) atoms. The molecule has 0 bridgehead atoms. The number of nitrogens with one attached hydrogen (secondary N) is 6. The van der Waals surface area contributed by atoms with Crippen LogP contribution in [-0.4, -0.2) is 158 Å². The van der Waals surface area contributed by atoms with Gasteiger partial charge >= 0.3 is 0 Å². The van der Waals surface area contributed by atoms with Gasteiger partial charge in [-0.2, -0.15) is 0 Å². The lowest BCUT2D eigenvalue weighted by Crippen LogP contribution is -2.49. The van der Waals surface area contributed by atoms with E-state index in [4.69, 9.17) is 18.9 Å². The highest BCUT2D eigenvalue weighted by molar-refractivity contribution is 5.87. The largest absolute Gasteiger partial charge is 0.390 e. The second-order valence-corrected chi connectivity index (χ2v) is 15.8. The first kappa shape index (κ1) is 53.1. The van der Waals surface area contributed by atoms with E-state index < -0.39 is 43.0 Å². The summed E-state index contributed by atoms with van der Waals surface area (Å²) in [4.78, 5) is 61.8. The standard InChI is InChI=1S/C41H76N6O13/c1-28-26-31(48)37(54)40(59-28)57-24-22-44-34(51)16-7-4-11-19-43-20-13-10-14-30(39(56)46-21-12-5-6-15-33(50)42-3)47-36(53)18-9-8-17-35(52)45-23-25-58-41-38(55)32(49)27-29(2)60-41/h28-32,37-38,40-41,43,48-49,54-55H,4-27H2,1-3H3,(H,42,50)(H,44,51)(H,45,52)(H,46,56)(H,47,53). The number of aliphatic hydroxyl groups is 4. The number of carbonyl (C=O) groups is 5. The summed E-state index contributed by atoms with van der Waals surface area (Å²) in [6, 6.07) is -0.691. The highest BCUT2D eigenvalue weighted by Crippen LogP contribution is 2.22. The van der Waals surface area contributed by atoms with Crippen molar-refractivity contribution < 1.29 is 63.3 Å². The highest BCUT2D eigenvalue weighted by atomic mass is 16.7. The van der Waals surface area contributed by atoms with Gasteiger partial charge in [0.1, 0.15) is 18.2 Å². The first-order valence-electron chi connectivity index (χ1n) is 22.1. The normalized spacial score (nSPS) is 24.6. The number of unbranched alkanes of at least 4 members (excludes halogenated alkanes) is 6. The van der Waals surface area contributed by atoms with Crippen LogP contribution in [-0.2, 0) is 42.9 Å². The van der Waals surface area contributed by atoms with Gasteiger partial charge in [0.05, 0.1) is 37.6 Å². The van der Waals surface area contributed by atoms with Crippen molar-refractivity contribution in [1.82, 2.24) is 31.9 Å². The van der Waals surface area contributed by atoms with Gasteiger partial charge in [0.15, 0.2) is 12.6 Å². The van der Waals surface area contributed by atoms with Gasteiger partial charge in [-0.1, -0.05) is 12.8 Å². The number of rotatable bonds is 32. The van der Waals surface area contributed by atoms with Crippen molar-refractivity contribution in [2.75, 3.05) is 53.0 Å². The van der Waals surface area contributed by atoms with Crippen molar-refractivity contribution >= 4 is 29.5 Å². The van der Waals surface area contributed by atoms with Crippen LogP contribution in [0.4, 0.5) is 0 Å². The van der Waals surface area contributed by atoms with Crippen molar-refractivity contribution in [2.45, 2.75) is 178 Å². The van der Waals surface area contributed by atoms with Crippen LogP contribution in [0.15, 0.2) is 0 Å². The van der Waals surface area contributed by atoms with E-state index in [9.17, 15) is 44.4 Å². The highest BCUT2D eigenvalue weighted by Gasteiger charge is 2.36. The van der Waals surface area contributed by atoms with Gasteiger partial charge in [-0.25, -0.2) is 0 Å². The topological polar surface area (TPSA) is 275 Å². The molecule has 2 rings (SSSR count). The molecule has 0 aromatic rings. The molecule has 2 saturated heterocycles. The fourth-order valence-corrected chi connectivity index (χ4v) is 6.82. The van der Waals surface area contributed by atoms with Crippen molar-refractivity contribution in [1.29, 1.82) is 0 Å². The Morgan fingerprint density at radius 3 is 1.53 bits per heavy atom. The fraction of sp³-hybridized carbons (Fsp3) is 0.878. The van der Waals surface area contributed by atoms with Crippen molar-refractivity contribution in [3.8, 4) is 0 Å². The Kier molecular flexibility index (Phi) is 28.1. The zero-order valence-electron chi connectivity index (χ0n) is 36.1. The quantitative estimate of drug-likeness (QED) is 0.0391. The van der Waals surface area contributed by atoms with Crippen LogP contribution in [0.5, 0.6) is 0 Å². The van der Waals surface area contributed by atoms with Gasteiger partial charge in [0, 0.05) is 65.2 Å². The first-order valence-corrected chi connectivity index (χ1v) is 22.1. The van der Waals surface area contributed by atoms with E-state index in [0.717, 1.165) is 51.6 Å². The Balaban J connectivity index is 1.59. The Morgan fingerprint density at radius 1 is 0.567 bits per heavy atom. The molecule has 2 fully saturated rings. The molecule has 0 radical (unpaired) electrons. The third kappa shape index (κ3) is 23.8. The van der Waals surface area contributed by atoms with Crippen LogP contribution in [0, 0.1) is 0 Å². The molecule has 0 aromatic heterocycles. The zero-order valence-corrected chi connectivity index (χ0v) is 36.1. The van der Waals surface area contributed by atoms with E-state index in [-0.39, 0.29) is 80.9 Å². The van der Waals surface area contributed by atoms with E-state index in [0.29, 0.717) is 64.3 Å². The molecule has 19 heteroatoms. The summed E-state index contributed by atoms with van der Waals surface area (Å²) < 4.78 is 22.0. The van der Waals surface area contributed by atoms with Gasteiger partial charge in [0.2, 0.25) is 29.5 Å². The summed E-state index contributed by atoms with van der Waals surface area (Å²) in [6.45, 7) is 6.30. The van der Waals surface area contributed by atoms with Crippen LogP contribution in [0.2, 0.25) is 0 Å². The predicted molar refractivity (Wildman–Crippen MR) is 221 cm³/mol. The number of aliphatic hydroxyl groups excluding tert-OH is 4. The molecule has 19 nitrogen and oxygen atoms in total. The number of hydrogen-bond acceptors (Lipinski definition) is 14. The second-order valence-electron chi connectivity index (χ2n) is 15.8. The summed E-state index contributed by atoms with van der Waals surface area (Å²) in [5.41, 5.74) is 0.